The molecule has 1 aromatic carbocycles. The van der Waals surface area contributed by atoms with Crippen molar-refractivity contribution in [1.82, 2.24) is 4.90 Å². The van der Waals surface area contributed by atoms with Gasteiger partial charge in [-0.1, -0.05) is 0 Å². The fourth-order valence-electron chi connectivity index (χ4n) is 0.931. The minimum absolute atomic E-state index is 0.193. The topological polar surface area (TPSA) is 58.4 Å². The molecule has 0 heterocycles. The van der Waals surface area contributed by atoms with Crippen molar-refractivity contribution in [3.05, 3.63) is 21.1 Å². The van der Waals surface area contributed by atoms with Crippen LogP contribution in [0.25, 0.3) is 0 Å². The van der Waals surface area contributed by atoms with Crippen LogP contribution in [0.2, 0.25) is 0 Å². The van der Waals surface area contributed by atoms with Crippen LogP contribution in [0.5, 0.6) is 0 Å². The zero-order valence-corrected chi connectivity index (χ0v) is 11.5. The fraction of sp³-hybridized carbons (Fsp3) is 0.222. The van der Waals surface area contributed by atoms with Crippen LogP contribution >= 0.6 is 31.9 Å². The highest BCUT2D eigenvalue weighted by Gasteiger charge is 2.11. The molecule has 0 aromatic heterocycles. The number of nitrogens with one attached hydrogen (secondary N) is 1. The van der Waals surface area contributed by atoms with Gasteiger partial charge in [0.05, 0.1) is 5.69 Å². The van der Waals surface area contributed by atoms with Crippen molar-refractivity contribution in [2.75, 3.05) is 25.1 Å². The number of benzene rings is 1. The maximum atomic E-state index is 11.4. The van der Waals surface area contributed by atoms with Gasteiger partial charge in [0.25, 0.3) is 0 Å². The van der Waals surface area contributed by atoms with E-state index < -0.39 is 0 Å². The van der Waals surface area contributed by atoms with Crippen LogP contribution < -0.4 is 11.1 Å². The number of carbonyl (C=O) groups is 1. The quantitative estimate of drug-likeness (QED) is 0.775. The Kier molecular flexibility index (Phi) is 3.98. The molecule has 15 heavy (non-hydrogen) atoms. The summed E-state index contributed by atoms with van der Waals surface area (Å²) in [5.74, 6) is 0. The number of halogens is 2. The third-order valence-electron chi connectivity index (χ3n) is 1.70. The molecule has 0 atom stereocenters. The normalized spacial score (nSPS) is 9.87. The molecule has 4 nitrogen and oxygen atoms in total. The molecule has 2 amide bonds. The lowest BCUT2D eigenvalue weighted by molar-refractivity contribution is 0.230. The number of nitrogens with two attached hydrogens (primary N) is 1. The number of carbonyl (C=O) groups excluding carboxylic acids is 1. The molecule has 1 rings (SSSR count). The second-order valence-electron chi connectivity index (χ2n) is 3.18. The van der Waals surface area contributed by atoms with E-state index in [0.29, 0.717) is 11.4 Å². The Morgan fingerprint density at radius 2 is 1.80 bits per heavy atom. The van der Waals surface area contributed by atoms with Crippen molar-refractivity contribution in [2.45, 2.75) is 0 Å². The minimum atomic E-state index is -0.193. The molecule has 1 aromatic rings. The monoisotopic (exact) mass is 335 g/mol. The molecule has 0 aliphatic rings. The molecule has 0 saturated heterocycles. The zero-order valence-electron chi connectivity index (χ0n) is 8.34. The number of hydrogen-bond acceptors (Lipinski definition) is 2. The Hall–Kier alpha value is -0.750. The second-order valence-corrected chi connectivity index (χ2v) is 4.89. The largest absolute Gasteiger partial charge is 0.399 e. The number of rotatable bonds is 1. The average Bonchev–Trinajstić information content (AvgIpc) is 2.10. The summed E-state index contributed by atoms with van der Waals surface area (Å²) < 4.78 is 1.48. The van der Waals surface area contributed by atoms with E-state index in [1.54, 1.807) is 26.2 Å². The predicted octanol–water partition coefficient (Wildman–Crippen LogP) is 2.89. The predicted molar refractivity (Wildman–Crippen MR) is 69.0 cm³/mol. The summed E-state index contributed by atoms with van der Waals surface area (Å²) in [5, 5.41) is 2.74. The van der Waals surface area contributed by atoms with E-state index in [2.05, 4.69) is 37.2 Å². The van der Waals surface area contributed by atoms with Crippen molar-refractivity contribution in [3.63, 3.8) is 0 Å². The van der Waals surface area contributed by atoms with E-state index >= 15 is 0 Å². The molecule has 0 unspecified atom stereocenters. The number of hydrogen-bond donors (Lipinski definition) is 2. The number of anilines is 2. The van der Waals surface area contributed by atoms with Crippen LogP contribution in [-0.4, -0.2) is 25.0 Å². The molecule has 82 valence electrons. The lowest BCUT2D eigenvalue weighted by atomic mass is 10.3. The average molecular weight is 337 g/mol. The maximum absolute atomic E-state index is 11.4. The number of urea groups is 1. The van der Waals surface area contributed by atoms with Crippen LogP contribution in [0.15, 0.2) is 21.1 Å². The van der Waals surface area contributed by atoms with Crippen molar-refractivity contribution in [3.8, 4) is 0 Å². The fourth-order valence-corrected chi connectivity index (χ4v) is 2.35. The Morgan fingerprint density at radius 1 is 1.33 bits per heavy atom. The van der Waals surface area contributed by atoms with E-state index in [9.17, 15) is 4.79 Å². The smallest absolute Gasteiger partial charge is 0.321 e. The third-order valence-corrected chi connectivity index (χ3v) is 2.95. The van der Waals surface area contributed by atoms with Crippen LogP contribution in [0.4, 0.5) is 16.2 Å². The van der Waals surface area contributed by atoms with Crippen LogP contribution in [-0.2, 0) is 0 Å². The first-order valence-electron chi connectivity index (χ1n) is 4.14. The van der Waals surface area contributed by atoms with E-state index in [1.165, 1.54) is 4.90 Å². The van der Waals surface area contributed by atoms with Gasteiger partial charge in [0, 0.05) is 28.7 Å². The summed E-state index contributed by atoms with van der Waals surface area (Å²) >= 11 is 6.66. The molecule has 0 aliphatic heterocycles. The first kappa shape index (κ1) is 12.3. The highest BCUT2D eigenvalue weighted by molar-refractivity contribution is 9.11. The maximum Gasteiger partial charge on any atom is 0.321 e. The Morgan fingerprint density at radius 3 is 2.20 bits per heavy atom. The first-order chi connectivity index (χ1) is 6.91. The van der Waals surface area contributed by atoms with Crippen LogP contribution in [0.1, 0.15) is 0 Å². The third kappa shape index (κ3) is 3.10. The molecule has 3 N–H and O–H groups in total. The summed E-state index contributed by atoms with van der Waals surface area (Å²) in [4.78, 5) is 12.9. The van der Waals surface area contributed by atoms with Gasteiger partial charge < -0.3 is 16.0 Å². The van der Waals surface area contributed by atoms with Crippen molar-refractivity contribution >= 4 is 49.3 Å². The molecular weight excluding hydrogens is 326 g/mol. The number of amides is 2. The summed E-state index contributed by atoms with van der Waals surface area (Å²) in [6.45, 7) is 0. The van der Waals surface area contributed by atoms with Gasteiger partial charge in [-0.05, 0) is 44.0 Å². The Bertz CT molecular complexity index is 370. The highest BCUT2D eigenvalue weighted by atomic mass is 79.9. The van der Waals surface area contributed by atoms with E-state index in [0.717, 1.165) is 8.95 Å². The summed E-state index contributed by atoms with van der Waals surface area (Å²) in [6.07, 6.45) is 0. The standard InChI is InChI=1S/C9H11Br2N3O/c1-14(2)9(15)13-8-6(10)3-5(12)4-7(8)11/h3-4H,12H2,1-2H3,(H,13,15). The molecule has 0 saturated carbocycles. The Balaban J connectivity index is 3.00. The molecular formula is C9H11Br2N3O. The van der Waals surface area contributed by atoms with Crippen molar-refractivity contribution in [2.24, 2.45) is 0 Å². The van der Waals surface area contributed by atoms with Crippen molar-refractivity contribution < 1.29 is 4.79 Å². The van der Waals surface area contributed by atoms with Gasteiger partial charge in [-0.25, -0.2) is 4.79 Å². The molecule has 0 spiro atoms. The van der Waals surface area contributed by atoms with E-state index in [-0.39, 0.29) is 6.03 Å². The van der Waals surface area contributed by atoms with Gasteiger partial charge in [-0.2, -0.15) is 0 Å². The number of nitrogen functional groups attached to an aromatic ring is 1. The minimum Gasteiger partial charge on any atom is -0.399 e. The van der Waals surface area contributed by atoms with E-state index in [1.807, 2.05) is 0 Å². The molecule has 0 radical (unpaired) electrons. The van der Waals surface area contributed by atoms with Gasteiger partial charge in [-0.3, -0.25) is 0 Å². The molecule has 0 aliphatic carbocycles. The second kappa shape index (κ2) is 4.85. The van der Waals surface area contributed by atoms with Gasteiger partial charge >= 0.3 is 6.03 Å². The summed E-state index contributed by atoms with van der Waals surface area (Å²) in [5.41, 5.74) is 6.93. The molecule has 0 fully saturated rings. The van der Waals surface area contributed by atoms with Gasteiger partial charge in [0.15, 0.2) is 0 Å². The van der Waals surface area contributed by atoms with Crippen LogP contribution in [0, 0.1) is 0 Å². The lowest BCUT2D eigenvalue weighted by Gasteiger charge is -2.14. The van der Waals surface area contributed by atoms with Gasteiger partial charge in [0.1, 0.15) is 0 Å². The summed E-state index contributed by atoms with van der Waals surface area (Å²) in [7, 11) is 3.35. The van der Waals surface area contributed by atoms with Gasteiger partial charge in [0.2, 0.25) is 0 Å². The number of nitrogens with zero attached hydrogens (tertiary/aromatic N) is 1. The molecule has 0 bridgehead atoms. The van der Waals surface area contributed by atoms with Crippen LogP contribution in [0.3, 0.4) is 0 Å². The zero-order chi connectivity index (χ0) is 11.6. The lowest BCUT2D eigenvalue weighted by Crippen LogP contribution is -2.27. The Labute approximate surface area is 105 Å². The first-order valence-corrected chi connectivity index (χ1v) is 5.73. The van der Waals surface area contributed by atoms with Gasteiger partial charge in [-0.15, -0.1) is 0 Å². The van der Waals surface area contributed by atoms with E-state index in [4.69, 9.17) is 5.73 Å². The highest BCUT2D eigenvalue weighted by Crippen LogP contribution is 2.33. The molecule has 6 heteroatoms. The van der Waals surface area contributed by atoms with Crippen molar-refractivity contribution in [1.29, 1.82) is 0 Å². The SMILES string of the molecule is CN(C)C(=O)Nc1c(Br)cc(N)cc1Br. The summed E-state index contributed by atoms with van der Waals surface area (Å²) in [6, 6.07) is 3.27.